The minimum Gasteiger partial charge on any atom is -0.443 e. The smallest absolute Gasteiger partial charge is 0.428 e. The average Bonchev–Trinajstić information content (AvgIpc) is 2.45. The summed E-state index contributed by atoms with van der Waals surface area (Å²) in [5.74, 6) is 0. The second kappa shape index (κ2) is 8.35. The van der Waals surface area contributed by atoms with Crippen LogP contribution in [-0.2, 0) is 11.3 Å². The fourth-order valence-corrected chi connectivity index (χ4v) is 2.31. The molecule has 0 saturated heterocycles. The number of nitrogens with one attached hydrogen (secondary N) is 1. The predicted molar refractivity (Wildman–Crippen MR) is 79.5 cm³/mol. The zero-order valence-corrected chi connectivity index (χ0v) is 11.8. The van der Waals surface area contributed by atoms with Gasteiger partial charge in [0.15, 0.2) is 0 Å². The van der Waals surface area contributed by atoms with E-state index in [1.54, 1.807) is 0 Å². The summed E-state index contributed by atoms with van der Waals surface area (Å²) in [4.78, 5) is 11.6. The Kier molecular flexibility index (Phi) is 6.08. The van der Waals surface area contributed by atoms with Gasteiger partial charge < -0.3 is 4.74 Å². The zero-order valence-electron chi connectivity index (χ0n) is 11.8. The average molecular weight is 274 g/mol. The lowest BCUT2D eigenvalue weighted by atomic mass is 9.99. The molecule has 4 heteroatoms. The van der Waals surface area contributed by atoms with Gasteiger partial charge in [0.25, 0.3) is 0 Å². The normalized spacial score (nSPS) is 15.9. The lowest BCUT2D eigenvalue weighted by Crippen LogP contribution is -2.21. The topological polar surface area (TPSA) is 50.7 Å². The van der Waals surface area contributed by atoms with Gasteiger partial charge in [0, 0.05) is 5.71 Å². The van der Waals surface area contributed by atoms with Crippen molar-refractivity contribution in [1.29, 1.82) is 0 Å². The van der Waals surface area contributed by atoms with Gasteiger partial charge in [-0.2, -0.15) is 5.10 Å². The first-order valence-electron chi connectivity index (χ1n) is 7.37. The first kappa shape index (κ1) is 14.6. The Hall–Kier alpha value is -1.84. The van der Waals surface area contributed by atoms with Crippen LogP contribution in [0.5, 0.6) is 0 Å². The molecule has 0 aliphatic heterocycles. The molecule has 1 aliphatic carbocycles. The summed E-state index contributed by atoms with van der Waals surface area (Å²) in [5.41, 5.74) is 4.56. The molecule has 1 amide bonds. The van der Waals surface area contributed by atoms with Crippen LogP contribution in [0.15, 0.2) is 35.4 Å². The first-order valence-corrected chi connectivity index (χ1v) is 7.37. The number of amides is 1. The van der Waals surface area contributed by atoms with Crippen molar-refractivity contribution >= 4 is 11.8 Å². The molecular formula is C16H22N2O2. The number of hydrazone groups is 1. The van der Waals surface area contributed by atoms with Crippen LogP contribution in [0, 0.1) is 0 Å². The van der Waals surface area contributed by atoms with Crippen LogP contribution < -0.4 is 5.43 Å². The molecule has 0 spiro atoms. The maximum Gasteiger partial charge on any atom is 0.428 e. The molecule has 2 rings (SSSR count). The first-order chi connectivity index (χ1) is 9.84. The van der Waals surface area contributed by atoms with E-state index in [1.165, 1.54) is 32.1 Å². The number of hydrogen-bond acceptors (Lipinski definition) is 3. The quantitative estimate of drug-likeness (QED) is 0.846. The summed E-state index contributed by atoms with van der Waals surface area (Å²) in [6, 6.07) is 9.63. The Morgan fingerprint density at radius 3 is 2.40 bits per heavy atom. The third-order valence-corrected chi connectivity index (χ3v) is 3.45. The molecule has 1 aliphatic rings. The highest BCUT2D eigenvalue weighted by Crippen LogP contribution is 2.14. The van der Waals surface area contributed by atoms with Gasteiger partial charge in [0.1, 0.15) is 6.61 Å². The van der Waals surface area contributed by atoms with Gasteiger partial charge in [-0.3, -0.25) is 0 Å². The third-order valence-electron chi connectivity index (χ3n) is 3.45. The highest BCUT2D eigenvalue weighted by Gasteiger charge is 2.06. The summed E-state index contributed by atoms with van der Waals surface area (Å²) in [5, 5.41) is 4.19. The van der Waals surface area contributed by atoms with E-state index in [-0.39, 0.29) is 6.61 Å². The Bertz CT molecular complexity index is 433. The van der Waals surface area contributed by atoms with Gasteiger partial charge in [0.2, 0.25) is 0 Å². The summed E-state index contributed by atoms with van der Waals surface area (Å²) in [6.45, 7) is 0.275. The number of nitrogens with zero attached hydrogens (tertiary/aromatic N) is 1. The number of benzene rings is 1. The molecule has 0 heterocycles. The molecule has 1 fully saturated rings. The molecule has 0 bridgehead atoms. The van der Waals surface area contributed by atoms with Crippen molar-refractivity contribution in [3.63, 3.8) is 0 Å². The highest BCUT2D eigenvalue weighted by molar-refractivity contribution is 5.85. The van der Waals surface area contributed by atoms with Crippen LogP contribution in [-0.4, -0.2) is 11.8 Å². The Morgan fingerprint density at radius 2 is 1.70 bits per heavy atom. The molecule has 0 radical (unpaired) electrons. The summed E-state index contributed by atoms with van der Waals surface area (Å²) in [7, 11) is 0. The van der Waals surface area contributed by atoms with Gasteiger partial charge in [-0.15, -0.1) is 0 Å². The number of ether oxygens (including phenoxy) is 1. The van der Waals surface area contributed by atoms with Gasteiger partial charge in [-0.25, -0.2) is 10.2 Å². The van der Waals surface area contributed by atoms with E-state index in [0.717, 1.165) is 24.1 Å². The van der Waals surface area contributed by atoms with Crippen LogP contribution >= 0.6 is 0 Å². The Morgan fingerprint density at radius 1 is 1.05 bits per heavy atom. The van der Waals surface area contributed by atoms with E-state index >= 15 is 0 Å². The fourth-order valence-electron chi connectivity index (χ4n) is 2.31. The molecule has 1 aromatic carbocycles. The third kappa shape index (κ3) is 5.43. The van der Waals surface area contributed by atoms with Crippen LogP contribution in [0.2, 0.25) is 0 Å². The van der Waals surface area contributed by atoms with Crippen LogP contribution in [0.4, 0.5) is 4.79 Å². The molecule has 0 aromatic heterocycles. The lowest BCUT2D eigenvalue weighted by Gasteiger charge is -2.11. The van der Waals surface area contributed by atoms with E-state index in [0.29, 0.717) is 0 Å². The zero-order chi connectivity index (χ0) is 14.0. The number of rotatable bonds is 3. The van der Waals surface area contributed by atoms with E-state index in [1.807, 2.05) is 30.3 Å². The van der Waals surface area contributed by atoms with E-state index in [2.05, 4.69) is 10.5 Å². The SMILES string of the molecule is O=C(NN=C1CCCCCCC1)OCc1ccccc1. The van der Waals surface area contributed by atoms with Crippen LogP contribution in [0.25, 0.3) is 0 Å². The predicted octanol–water partition coefficient (Wildman–Crippen LogP) is 4.01. The molecular weight excluding hydrogens is 252 g/mol. The largest absolute Gasteiger partial charge is 0.443 e. The van der Waals surface area contributed by atoms with Gasteiger partial charge in [-0.05, 0) is 31.2 Å². The van der Waals surface area contributed by atoms with Crippen molar-refractivity contribution < 1.29 is 9.53 Å². The number of hydrogen-bond donors (Lipinski definition) is 1. The van der Waals surface area contributed by atoms with Crippen molar-refractivity contribution in [3.05, 3.63) is 35.9 Å². The van der Waals surface area contributed by atoms with Gasteiger partial charge in [0.05, 0.1) is 0 Å². The lowest BCUT2D eigenvalue weighted by molar-refractivity contribution is 0.140. The molecule has 108 valence electrons. The Balaban J connectivity index is 1.73. The van der Waals surface area contributed by atoms with Gasteiger partial charge in [-0.1, -0.05) is 49.6 Å². The van der Waals surface area contributed by atoms with Crippen molar-refractivity contribution in [1.82, 2.24) is 5.43 Å². The minimum absolute atomic E-state index is 0.275. The monoisotopic (exact) mass is 274 g/mol. The molecule has 0 unspecified atom stereocenters. The standard InChI is InChI=1S/C16H22N2O2/c19-16(20-13-14-9-5-4-6-10-14)18-17-15-11-7-2-1-3-8-12-15/h4-6,9-10H,1-3,7-8,11-13H2,(H,18,19). The van der Waals surface area contributed by atoms with E-state index in [4.69, 9.17) is 4.74 Å². The van der Waals surface area contributed by atoms with Crippen LogP contribution in [0.3, 0.4) is 0 Å². The van der Waals surface area contributed by atoms with Gasteiger partial charge >= 0.3 is 6.09 Å². The molecule has 1 aromatic rings. The summed E-state index contributed by atoms with van der Waals surface area (Å²) < 4.78 is 5.12. The molecule has 1 N–H and O–H groups in total. The Labute approximate surface area is 120 Å². The summed E-state index contributed by atoms with van der Waals surface area (Å²) >= 11 is 0. The number of carbonyl (C=O) groups excluding carboxylic acids is 1. The maximum absolute atomic E-state index is 11.6. The second-order valence-electron chi connectivity index (χ2n) is 5.12. The van der Waals surface area contributed by atoms with E-state index < -0.39 is 6.09 Å². The van der Waals surface area contributed by atoms with E-state index in [9.17, 15) is 4.79 Å². The van der Waals surface area contributed by atoms with Crippen molar-refractivity contribution in [3.8, 4) is 0 Å². The fraction of sp³-hybridized carbons (Fsp3) is 0.500. The molecule has 20 heavy (non-hydrogen) atoms. The molecule has 0 atom stereocenters. The van der Waals surface area contributed by atoms with Crippen LogP contribution in [0.1, 0.15) is 50.5 Å². The molecule has 4 nitrogen and oxygen atoms in total. The molecule has 1 saturated carbocycles. The van der Waals surface area contributed by atoms with Crippen molar-refractivity contribution in [2.45, 2.75) is 51.6 Å². The number of carbonyl (C=O) groups is 1. The second-order valence-corrected chi connectivity index (χ2v) is 5.12. The maximum atomic E-state index is 11.6. The van der Waals surface area contributed by atoms with Crippen molar-refractivity contribution in [2.24, 2.45) is 5.10 Å². The highest BCUT2D eigenvalue weighted by atomic mass is 16.5. The minimum atomic E-state index is -0.483. The van der Waals surface area contributed by atoms with Crippen molar-refractivity contribution in [2.75, 3.05) is 0 Å². The summed E-state index contributed by atoms with van der Waals surface area (Å²) in [6.07, 6.45) is 7.66.